The lowest BCUT2D eigenvalue weighted by atomic mass is 10.0. The van der Waals surface area contributed by atoms with Gasteiger partial charge in [-0.1, -0.05) is 6.07 Å². The van der Waals surface area contributed by atoms with Crippen molar-refractivity contribution in [3.05, 3.63) is 28.2 Å². The molecule has 0 spiro atoms. The third kappa shape index (κ3) is 3.94. The first kappa shape index (κ1) is 14.8. The summed E-state index contributed by atoms with van der Waals surface area (Å²) in [6.07, 6.45) is 2.61. The van der Waals surface area contributed by atoms with Gasteiger partial charge in [0.2, 0.25) is 0 Å². The first-order valence-corrected chi connectivity index (χ1v) is 7.60. The lowest BCUT2D eigenvalue weighted by Crippen LogP contribution is -2.44. The highest BCUT2D eigenvalue weighted by molar-refractivity contribution is 9.10. The maximum Gasteiger partial charge on any atom is 0.133 e. The van der Waals surface area contributed by atoms with Crippen molar-refractivity contribution in [1.82, 2.24) is 9.80 Å². The highest BCUT2D eigenvalue weighted by atomic mass is 79.9. The van der Waals surface area contributed by atoms with E-state index in [0.717, 1.165) is 16.8 Å². The second-order valence-electron chi connectivity index (χ2n) is 5.44. The van der Waals surface area contributed by atoms with Crippen molar-refractivity contribution in [3.8, 4) is 5.75 Å². The summed E-state index contributed by atoms with van der Waals surface area (Å²) in [5.41, 5.74) is 1.32. The summed E-state index contributed by atoms with van der Waals surface area (Å²) in [7, 11) is 6.13. The molecule has 1 atom stereocenters. The Labute approximate surface area is 124 Å². The SMILES string of the molecule is COc1ccc(CN(C)C2CCCN(C)C2)cc1Br. The van der Waals surface area contributed by atoms with Gasteiger partial charge in [0, 0.05) is 19.1 Å². The van der Waals surface area contributed by atoms with E-state index in [2.05, 4.69) is 52.0 Å². The Balaban J connectivity index is 1.98. The zero-order valence-electron chi connectivity index (χ0n) is 12.0. The van der Waals surface area contributed by atoms with Crippen LogP contribution in [0, 0.1) is 0 Å². The molecule has 1 saturated heterocycles. The maximum atomic E-state index is 5.27. The molecule has 0 aromatic heterocycles. The van der Waals surface area contributed by atoms with Crippen LogP contribution < -0.4 is 4.74 Å². The summed E-state index contributed by atoms with van der Waals surface area (Å²) >= 11 is 3.55. The predicted octanol–water partition coefficient (Wildman–Crippen LogP) is 2.98. The average molecular weight is 327 g/mol. The molecule has 2 rings (SSSR count). The number of benzene rings is 1. The van der Waals surface area contributed by atoms with Crippen molar-refractivity contribution >= 4 is 15.9 Å². The zero-order chi connectivity index (χ0) is 13.8. The van der Waals surface area contributed by atoms with Crippen LogP contribution in [0.5, 0.6) is 5.75 Å². The second-order valence-corrected chi connectivity index (χ2v) is 6.30. The number of ether oxygens (including phenoxy) is 1. The summed E-state index contributed by atoms with van der Waals surface area (Å²) in [5.74, 6) is 0.892. The molecule has 1 heterocycles. The summed E-state index contributed by atoms with van der Waals surface area (Å²) in [6, 6.07) is 6.99. The molecular weight excluding hydrogens is 304 g/mol. The van der Waals surface area contributed by atoms with Gasteiger partial charge in [-0.25, -0.2) is 0 Å². The fourth-order valence-corrected chi connectivity index (χ4v) is 3.31. The maximum absolute atomic E-state index is 5.27. The molecule has 4 heteroatoms. The number of hydrogen-bond acceptors (Lipinski definition) is 3. The van der Waals surface area contributed by atoms with Crippen LogP contribution in [0.1, 0.15) is 18.4 Å². The van der Waals surface area contributed by atoms with Gasteiger partial charge >= 0.3 is 0 Å². The number of methoxy groups -OCH3 is 1. The van der Waals surface area contributed by atoms with Gasteiger partial charge in [-0.2, -0.15) is 0 Å². The summed E-state index contributed by atoms with van der Waals surface area (Å²) in [6.45, 7) is 3.40. The van der Waals surface area contributed by atoms with E-state index in [1.165, 1.54) is 31.5 Å². The molecule has 106 valence electrons. The Morgan fingerprint density at radius 3 is 2.89 bits per heavy atom. The molecule has 19 heavy (non-hydrogen) atoms. The van der Waals surface area contributed by atoms with Crippen molar-refractivity contribution in [1.29, 1.82) is 0 Å². The molecule has 1 aliphatic rings. The van der Waals surface area contributed by atoms with Crippen LogP contribution in [0.2, 0.25) is 0 Å². The standard InChI is InChI=1S/C15H23BrN2O/c1-17-8-4-5-13(11-17)18(2)10-12-6-7-15(19-3)14(16)9-12/h6-7,9,13H,4-5,8,10-11H2,1-3H3. The molecule has 0 radical (unpaired) electrons. The van der Waals surface area contributed by atoms with Crippen molar-refractivity contribution in [3.63, 3.8) is 0 Å². The van der Waals surface area contributed by atoms with E-state index in [4.69, 9.17) is 4.74 Å². The van der Waals surface area contributed by atoms with Crippen LogP contribution in [0.25, 0.3) is 0 Å². The third-order valence-corrected chi connectivity index (χ3v) is 4.49. The largest absolute Gasteiger partial charge is 0.496 e. The number of halogens is 1. The first-order chi connectivity index (χ1) is 9.10. The van der Waals surface area contributed by atoms with Gasteiger partial charge in [0.15, 0.2) is 0 Å². The number of likely N-dealkylation sites (tertiary alicyclic amines) is 1. The zero-order valence-corrected chi connectivity index (χ0v) is 13.6. The normalized spacial score (nSPS) is 20.8. The molecular formula is C15H23BrN2O. The molecule has 1 fully saturated rings. The molecule has 0 saturated carbocycles. The van der Waals surface area contributed by atoms with E-state index < -0.39 is 0 Å². The van der Waals surface area contributed by atoms with Crippen LogP contribution >= 0.6 is 15.9 Å². The van der Waals surface area contributed by atoms with Gasteiger partial charge < -0.3 is 9.64 Å². The molecule has 1 aromatic rings. The minimum Gasteiger partial charge on any atom is -0.496 e. The Morgan fingerprint density at radius 2 is 2.26 bits per heavy atom. The molecule has 1 aromatic carbocycles. The van der Waals surface area contributed by atoms with E-state index in [-0.39, 0.29) is 0 Å². The van der Waals surface area contributed by atoms with Crippen molar-refractivity contribution in [2.75, 3.05) is 34.3 Å². The number of hydrogen-bond donors (Lipinski definition) is 0. The number of rotatable bonds is 4. The van der Waals surface area contributed by atoms with Gasteiger partial charge in [0.1, 0.15) is 5.75 Å². The van der Waals surface area contributed by atoms with E-state index in [0.29, 0.717) is 6.04 Å². The predicted molar refractivity (Wildman–Crippen MR) is 82.7 cm³/mol. The molecule has 0 bridgehead atoms. The van der Waals surface area contributed by atoms with Crippen LogP contribution in [-0.4, -0.2) is 50.1 Å². The Hall–Kier alpha value is -0.580. The lowest BCUT2D eigenvalue weighted by Gasteiger charge is -2.36. The molecule has 0 aliphatic carbocycles. The number of nitrogens with zero attached hydrogens (tertiary/aromatic N) is 2. The summed E-state index contributed by atoms with van der Waals surface area (Å²) in [5, 5.41) is 0. The lowest BCUT2D eigenvalue weighted by molar-refractivity contribution is 0.129. The molecule has 1 unspecified atom stereocenters. The third-order valence-electron chi connectivity index (χ3n) is 3.87. The Kier molecular flexibility index (Phi) is 5.25. The summed E-state index contributed by atoms with van der Waals surface area (Å²) < 4.78 is 6.30. The topological polar surface area (TPSA) is 15.7 Å². The highest BCUT2D eigenvalue weighted by Gasteiger charge is 2.21. The quantitative estimate of drug-likeness (QED) is 0.846. The minimum atomic E-state index is 0.666. The van der Waals surface area contributed by atoms with E-state index >= 15 is 0 Å². The van der Waals surface area contributed by atoms with Gasteiger partial charge in [-0.05, 0) is 67.1 Å². The van der Waals surface area contributed by atoms with Gasteiger partial charge in [-0.15, -0.1) is 0 Å². The molecule has 1 aliphatic heterocycles. The van der Waals surface area contributed by atoms with Gasteiger partial charge in [0.05, 0.1) is 11.6 Å². The van der Waals surface area contributed by atoms with Crippen LogP contribution in [0.15, 0.2) is 22.7 Å². The smallest absolute Gasteiger partial charge is 0.133 e. The monoisotopic (exact) mass is 326 g/mol. The van der Waals surface area contributed by atoms with E-state index in [9.17, 15) is 0 Å². The number of piperidine rings is 1. The van der Waals surface area contributed by atoms with Gasteiger partial charge in [0.25, 0.3) is 0 Å². The van der Waals surface area contributed by atoms with Crippen molar-refractivity contribution in [2.45, 2.75) is 25.4 Å². The van der Waals surface area contributed by atoms with Crippen LogP contribution in [0.4, 0.5) is 0 Å². The fraction of sp³-hybridized carbons (Fsp3) is 0.600. The van der Waals surface area contributed by atoms with Crippen LogP contribution in [0.3, 0.4) is 0 Å². The second kappa shape index (κ2) is 6.73. The van der Waals surface area contributed by atoms with Crippen molar-refractivity contribution < 1.29 is 4.74 Å². The summed E-state index contributed by atoms with van der Waals surface area (Å²) in [4.78, 5) is 4.89. The Morgan fingerprint density at radius 1 is 1.47 bits per heavy atom. The Bertz CT molecular complexity index is 425. The fourth-order valence-electron chi connectivity index (χ4n) is 2.72. The van der Waals surface area contributed by atoms with E-state index in [1.807, 2.05) is 6.07 Å². The van der Waals surface area contributed by atoms with Gasteiger partial charge in [-0.3, -0.25) is 4.90 Å². The van der Waals surface area contributed by atoms with Crippen LogP contribution in [-0.2, 0) is 6.54 Å². The minimum absolute atomic E-state index is 0.666. The average Bonchev–Trinajstić information content (AvgIpc) is 2.39. The number of likely N-dealkylation sites (N-methyl/N-ethyl adjacent to an activating group) is 2. The highest BCUT2D eigenvalue weighted by Crippen LogP contribution is 2.26. The first-order valence-electron chi connectivity index (χ1n) is 6.81. The molecule has 0 N–H and O–H groups in total. The molecule has 0 amide bonds. The molecule has 3 nitrogen and oxygen atoms in total. The van der Waals surface area contributed by atoms with E-state index in [1.54, 1.807) is 7.11 Å². The van der Waals surface area contributed by atoms with Crippen molar-refractivity contribution in [2.24, 2.45) is 0 Å².